The van der Waals surface area contributed by atoms with Crippen LogP contribution in [-0.4, -0.2) is 13.3 Å². The molecule has 0 atom stereocenters. The second-order valence-corrected chi connectivity index (χ2v) is 3.13. The van der Waals surface area contributed by atoms with Gasteiger partial charge in [0.25, 0.3) is 0 Å². The molecule has 0 heterocycles. The topological polar surface area (TPSA) is 35.5 Å². The Balaban J connectivity index is 3.13. The third-order valence-electron chi connectivity index (χ3n) is 1.61. The zero-order valence-electron chi connectivity index (χ0n) is 7.97. The van der Waals surface area contributed by atoms with E-state index in [9.17, 15) is 18.0 Å². The van der Waals surface area contributed by atoms with Gasteiger partial charge in [-0.1, -0.05) is 11.6 Å². The van der Waals surface area contributed by atoms with Crippen molar-refractivity contribution >= 4 is 17.8 Å². The molecule has 0 N–H and O–H groups in total. The van der Waals surface area contributed by atoms with Gasteiger partial charge in [-0.25, -0.2) is 4.79 Å². The Bertz CT molecular complexity index is 403. The van der Waals surface area contributed by atoms with E-state index in [1.165, 1.54) is 6.07 Å². The highest BCUT2D eigenvalue weighted by atomic mass is 35.5. The van der Waals surface area contributed by atoms with E-state index in [0.29, 0.717) is 6.07 Å². The van der Waals surface area contributed by atoms with Crippen LogP contribution in [0.1, 0.15) is 5.56 Å². The number of carbonyl (C=O) groups excluding carboxylic acids is 1. The number of hydrogen-bond acceptors (Lipinski definition) is 3. The van der Waals surface area contributed by atoms with E-state index in [1.807, 2.05) is 0 Å². The van der Waals surface area contributed by atoms with Gasteiger partial charge in [-0.05, 0) is 18.2 Å². The first-order valence-corrected chi connectivity index (χ1v) is 4.35. The minimum Gasteiger partial charge on any atom is -0.437 e. The molecular formula is C9H6ClF3O3. The number of hydrogen-bond donors (Lipinski definition) is 0. The SMILES string of the molecule is COC(=O)Oc1ccc(Cl)cc1C(F)(F)F. The molecule has 0 unspecified atom stereocenters. The van der Waals surface area contributed by atoms with Gasteiger partial charge in [-0.2, -0.15) is 13.2 Å². The molecule has 0 aromatic heterocycles. The maximum Gasteiger partial charge on any atom is 0.513 e. The van der Waals surface area contributed by atoms with Crippen LogP contribution >= 0.6 is 11.6 Å². The summed E-state index contributed by atoms with van der Waals surface area (Å²) in [6, 6.07) is 2.79. The quantitative estimate of drug-likeness (QED) is 0.568. The van der Waals surface area contributed by atoms with Crippen LogP contribution in [0, 0.1) is 0 Å². The molecule has 0 aliphatic rings. The van der Waals surface area contributed by atoms with Crippen LogP contribution in [0.15, 0.2) is 18.2 Å². The van der Waals surface area contributed by atoms with Gasteiger partial charge in [0.2, 0.25) is 0 Å². The Morgan fingerprint density at radius 2 is 2.00 bits per heavy atom. The summed E-state index contributed by atoms with van der Waals surface area (Å²) in [6.45, 7) is 0. The molecule has 7 heteroatoms. The Labute approximate surface area is 93.7 Å². The van der Waals surface area contributed by atoms with Crippen molar-refractivity contribution < 1.29 is 27.4 Å². The number of benzene rings is 1. The third kappa shape index (κ3) is 3.03. The van der Waals surface area contributed by atoms with Crippen LogP contribution in [0.5, 0.6) is 5.75 Å². The largest absolute Gasteiger partial charge is 0.513 e. The summed E-state index contributed by atoms with van der Waals surface area (Å²) in [4.78, 5) is 10.7. The van der Waals surface area contributed by atoms with E-state index in [2.05, 4.69) is 9.47 Å². The molecule has 1 aromatic rings. The summed E-state index contributed by atoms with van der Waals surface area (Å²) in [6.07, 6.45) is -5.89. The van der Waals surface area contributed by atoms with Gasteiger partial charge in [0.15, 0.2) is 0 Å². The van der Waals surface area contributed by atoms with Gasteiger partial charge < -0.3 is 9.47 Å². The number of methoxy groups -OCH3 is 1. The lowest BCUT2D eigenvalue weighted by Gasteiger charge is -2.12. The molecule has 0 saturated heterocycles. The van der Waals surface area contributed by atoms with Crippen molar-refractivity contribution in [2.24, 2.45) is 0 Å². The summed E-state index contributed by atoms with van der Waals surface area (Å²) >= 11 is 5.42. The zero-order valence-corrected chi connectivity index (χ0v) is 8.72. The highest BCUT2D eigenvalue weighted by molar-refractivity contribution is 6.30. The fourth-order valence-electron chi connectivity index (χ4n) is 0.944. The molecule has 1 aromatic carbocycles. The summed E-state index contributed by atoms with van der Waals surface area (Å²) < 4.78 is 45.9. The highest BCUT2D eigenvalue weighted by Gasteiger charge is 2.35. The van der Waals surface area contributed by atoms with Gasteiger partial charge in [0, 0.05) is 5.02 Å². The second kappa shape index (κ2) is 4.61. The number of ether oxygens (including phenoxy) is 2. The summed E-state index contributed by atoms with van der Waals surface area (Å²) in [5.74, 6) is -0.649. The fourth-order valence-corrected chi connectivity index (χ4v) is 1.12. The normalized spacial score (nSPS) is 11.1. The van der Waals surface area contributed by atoms with E-state index in [0.717, 1.165) is 13.2 Å². The molecule has 16 heavy (non-hydrogen) atoms. The minimum atomic E-state index is -4.66. The van der Waals surface area contributed by atoms with Crippen LogP contribution in [0.3, 0.4) is 0 Å². The summed E-state index contributed by atoms with van der Waals surface area (Å²) in [7, 11) is 0.992. The van der Waals surface area contributed by atoms with Crippen LogP contribution in [-0.2, 0) is 10.9 Å². The van der Waals surface area contributed by atoms with Gasteiger partial charge >= 0.3 is 12.3 Å². The van der Waals surface area contributed by atoms with Crippen molar-refractivity contribution in [1.82, 2.24) is 0 Å². The van der Waals surface area contributed by atoms with E-state index < -0.39 is 23.6 Å². The van der Waals surface area contributed by atoms with Crippen molar-refractivity contribution in [2.75, 3.05) is 7.11 Å². The number of halogens is 4. The lowest BCUT2D eigenvalue weighted by Crippen LogP contribution is -2.13. The molecule has 0 radical (unpaired) electrons. The predicted octanol–water partition coefficient (Wildman–Crippen LogP) is 3.50. The molecule has 0 aliphatic carbocycles. The smallest absolute Gasteiger partial charge is 0.437 e. The second-order valence-electron chi connectivity index (χ2n) is 2.69. The van der Waals surface area contributed by atoms with E-state index >= 15 is 0 Å². The van der Waals surface area contributed by atoms with Crippen molar-refractivity contribution in [3.8, 4) is 5.75 Å². The first-order chi connectivity index (χ1) is 7.34. The molecule has 0 saturated carbocycles. The Kier molecular flexibility index (Phi) is 3.64. The lowest BCUT2D eigenvalue weighted by molar-refractivity contribution is -0.138. The Morgan fingerprint density at radius 1 is 1.38 bits per heavy atom. The lowest BCUT2D eigenvalue weighted by atomic mass is 10.2. The molecule has 0 aliphatic heterocycles. The predicted molar refractivity (Wildman–Crippen MR) is 49.5 cm³/mol. The molecule has 88 valence electrons. The maximum absolute atomic E-state index is 12.5. The molecule has 0 fully saturated rings. The number of carbonyl (C=O) groups is 1. The molecular weight excluding hydrogens is 249 g/mol. The van der Waals surface area contributed by atoms with Crippen LogP contribution in [0.25, 0.3) is 0 Å². The average molecular weight is 255 g/mol. The fraction of sp³-hybridized carbons (Fsp3) is 0.222. The first kappa shape index (κ1) is 12.6. The zero-order chi connectivity index (χ0) is 12.3. The van der Waals surface area contributed by atoms with Gasteiger partial charge in [0.05, 0.1) is 12.7 Å². The Hall–Kier alpha value is -1.43. The van der Waals surface area contributed by atoms with Gasteiger partial charge in [-0.3, -0.25) is 0 Å². The molecule has 1 rings (SSSR count). The van der Waals surface area contributed by atoms with Crippen molar-refractivity contribution in [2.45, 2.75) is 6.18 Å². The van der Waals surface area contributed by atoms with Crippen LogP contribution in [0.4, 0.5) is 18.0 Å². The average Bonchev–Trinajstić information content (AvgIpc) is 2.19. The highest BCUT2D eigenvalue weighted by Crippen LogP contribution is 2.37. The molecule has 0 bridgehead atoms. The monoisotopic (exact) mass is 254 g/mol. The van der Waals surface area contributed by atoms with E-state index in [4.69, 9.17) is 11.6 Å². The minimum absolute atomic E-state index is 0.107. The van der Waals surface area contributed by atoms with Crippen molar-refractivity contribution in [3.05, 3.63) is 28.8 Å². The van der Waals surface area contributed by atoms with Crippen LogP contribution in [0.2, 0.25) is 5.02 Å². The standard InChI is InChI=1S/C9H6ClF3O3/c1-15-8(14)16-7-3-2-5(10)4-6(7)9(11,12)13/h2-4H,1H3. The summed E-state index contributed by atoms with van der Waals surface area (Å²) in [5, 5.41) is -0.107. The maximum atomic E-state index is 12.5. The van der Waals surface area contributed by atoms with E-state index in [-0.39, 0.29) is 5.02 Å². The Morgan fingerprint density at radius 3 is 2.50 bits per heavy atom. The third-order valence-corrected chi connectivity index (χ3v) is 1.84. The van der Waals surface area contributed by atoms with Gasteiger partial charge in [-0.15, -0.1) is 0 Å². The van der Waals surface area contributed by atoms with Crippen LogP contribution < -0.4 is 4.74 Å². The van der Waals surface area contributed by atoms with Gasteiger partial charge in [0.1, 0.15) is 5.75 Å². The van der Waals surface area contributed by atoms with E-state index in [1.54, 1.807) is 0 Å². The molecule has 3 nitrogen and oxygen atoms in total. The molecule has 0 amide bonds. The molecule has 0 spiro atoms. The van der Waals surface area contributed by atoms with Crippen molar-refractivity contribution in [3.63, 3.8) is 0 Å². The first-order valence-electron chi connectivity index (χ1n) is 3.97. The number of alkyl halides is 3. The summed E-state index contributed by atoms with van der Waals surface area (Å²) in [5.41, 5.74) is -1.13. The van der Waals surface area contributed by atoms with Crippen molar-refractivity contribution in [1.29, 1.82) is 0 Å². The number of rotatable bonds is 1.